The van der Waals surface area contributed by atoms with Gasteiger partial charge in [0.2, 0.25) is 10.0 Å². The molecule has 0 saturated carbocycles. The highest BCUT2D eigenvalue weighted by Crippen LogP contribution is 2.22. The van der Waals surface area contributed by atoms with Crippen LogP contribution in [-0.4, -0.2) is 41.6 Å². The molecule has 0 spiro atoms. The van der Waals surface area contributed by atoms with Gasteiger partial charge in [0, 0.05) is 26.2 Å². The van der Waals surface area contributed by atoms with Crippen molar-refractivity contribution in [2.75, 3.05) is 13.1 Å². The third kappa shape index (κ3) is 2.22. The van der Waals surface area contributed by atoms with Crippen LogP contribution in [0.2, 0.25) is 0 Å². The van der Waals surface area contributed by atoms with E-state index in [0.29, 0.717) is 23.7 Å². The van der Waals surface area contributed by atoms with E-state index in [2.05, 4.69) is 5.10 Å². The second-order valence-electron chi connectivity index (χ2n) is 4.46. The Morgan fingerprint density at radius 3 is 2.47 bits per heavy atom. The first-order valence-electron chi connectivity index (χ1n) is 5.67. The van der Waals surface area contributed by atoms with E-state index in [0.717, 1.165) is 12.8 Å². The van der Waals surface area contributed by atoms with Crippen molar-refractivity contribution in [3.63, 3.8) is 0 Å². The van der Waals surface area contributed by atoms with Gasteiger partial charge in [0.25, 0.3) is 0 Å². The Balaban J connectivity index is 2.28. The molecule has 1 aromatic rings. The number of nitrogens with two attached hydrogens (primary N) is 1. The van der Waals surface area contributed by atoms with Gasteiger partial charge >= 0.3 is 0 Å². The highest BCUT2D eigenvalue weighted by molar-refractivity contribution is 7.89. The van der Waals surface area contributed by atoms with Gasteiger partial charge in [-0.25, -0.2) is 8.42 Å². The van der Waals surface area contributed by atoms with E-state index in [1.54, 1.807) is 18.7 Å². The fourth-order valence-corrected chi connectivity index (χ4v) is 3.64. The lowest BCUT2D eigenvalue weighted by Crippen LogP contribution is -2.42. The Hall–Kier alpha value is -0.920. The lowest BCUT2D eigenvalue weighted by molar-refractivity contribution is 0.320. The first-order valence-corrected chi connectivity index (χ1v) is 7.11. The van der Waals surface area contributed by atoms with Crippen LogP contribution in [0.1, 0.15) is 18.5 Å². The lowest BCUT2D eigenvalue weighted by atomic mass is 10.1. The molecule has 0 aliphatic carbocycles. The summed E-state index contributed by atoms with van der Waals surface area (Å²) in [5.41, 5.74) is 6.44. The van der Waals surface area contributed by atoms with Crippen molar-refractivity contribution in [1.29, 1.82) is 0 Å². The van der Waals surface area contributed by atoms with Crippen LogP contribution in [-0.2, 0) is 17.1 Å². The van der Waals surface area contributed by atoms with Crippen molar-refractivity contribution in [2.45, 2.75) is 30.7 Å². The largest absolute Gasteiger partial charge is 0.328 e. The van der Waals surface area contributed by atoms with E-state index in [4.69, 9.17) is 5.73 Å². The number of aryl methyl sites for hydroxylation is 1. The maximum Gasteiger partial charge on any atom is 0.246 e. The molecule has 1 fully saturated rings. The number of hydrogen-bond acceptors (Lipinski definition) is 4. The molecule has 96 valence electrons. The predicted molar refractivity (Wildman–Crippen MR) is 63.9 cm³/mol. The number of sulfonamides is 1. The number of aromatic nitrogens is 2. The van der Waals surface area contributed by atoms with Crippen molar-refractivity contribution >= 4 is 10.0 Å². The minimum Gasteiger partial charge on any atom is -0.328 e. The maximum absolute atomic E-state index is 12.4. The van der Waals surface area contributed by atoms with Crippen LogP contribution in [0, 0.1) is 6.92 Å². The Morgan fingerprint density at radius 2 is 2.00 bits per heavy atom. The maximum atomic E-state index is 12.4. The number of rotatable bonds is 2. The summed E-state index contributed by atoms with van der Waals surface area (Å²) in [5, 5.41) is 3.98. The molecule has 1 aromatic heterocycles. The van der Waals surface area contributed by atoms with Crippen molar-refractivity contribution in [3.05, 3.63) is 11.9 Å². The first-order chi connectivity index (χ1) is 7.93. The smallest absolute Gasteiger partial charge is 0.246 e. The normalized spacial score (nSPS) is 19.7. The van der Waals surface area contributed by atoms with Crippen LogP contribution in [0.3, 0.4) is 0 Å². The average molecular weight is 258 g/mol. The molecule has 1 aliphatic rings. The minimum absolute atomic E-state index is 0.122. The second-order valence-corrected chi connectivity index (χ2v) is 6.37. The van der Waals surface area contributed by atoms with Gasteiger partial charge in [-0.2, -0.15) is 9.40 Å². The second kappa shape index (κ2) is 4.40. The van der Waals surface area contributed by atoms with Gasteiger partial charge in [0.05, 0.1) is 11.9 Å². The summed E-state index contributed by atoms with van der Waals surface area (Å²) in [6, 6.07) is 0.122. The summed E-state index contributed by atoms with van der Waals surface area (Å²) >= 11 is 0. The Kier molecular flexibility index (Phi) is 3.24. The molecular formula is C10H18N4O2S. The topological polar surface area (TPSA) is 81.2 Å². The van der Waals surface area contributed by atoms with Crippen LogP contribution in [0.15, 0.2) is 11.1 Å². The summed E-state index contributed by atoms with van der Waals surface area (Å²) in [7, 11) is -1.66. The number of piperidine rings is 1. The highest BCUT2D eigenvalue weighted by atomic mass is 32.2. The van der Waals surface area contributed by atoms with E-state index in [-0.39, 0.29) is 6.04 Å². The molecule has 0 bridgehead atoms. The van der Waals surface area contributed by atoms with Crippen molar-refractivity contribution in [1.82, 2.24) is 14.1 Å². The fraction of sp³-hybridized carbons (Fsp3) is 0.700. The molecule has 2 N–H and O–H groups in total. The van der Waals surface area contributed by atoms with Crippen molar-refractivity contribution in [2.24, 2.45) is 12.8 Å². The molecule has 17 heavy (non-hydrogen) atoms. The van der Waals surface area contributed by atoms with Gasteiger partial charge in [-0.05, 0) is 19.8 Å². The van der Waals surface area contributed by atoms with Crippen LogP contribution < -0.4 is 5.73 Å². The molecule has 1 saturated heterocycles. The van der Waals surface area contributed by atoms with Crippen LogP contribution in [0.25, 0.3) is 0 Å². The quantitative estimate of drug-likeness (QED) is 0.799. The number of nitrogens with zero attached hydrogens (tertiary/aromatic N) is 3. The van der Waals surface area contributed by atoms with Gasteiger partial charge in [-0.15, -0.1) is 0 Å². The summed E-state index contributed by atoms with van der Waals surface area (Å²) in [6.07, 6.45) is 2.86. The summed E-state index contributed by atoms with van der Waals surface area (Å²) in [4.78, 5) is 0.301. The first kappa shape index (κ1) is 12.5. The highest BCUT2D eigenvalue weighted by Gasteiger charge is 2.30. The zero-order chi connectivity index (χ0) is 12.6. The van der Waals surface area contributed by atoms with Gasteiger partial charge in [-0.3, -0.25) is 4.68 Å². The SMILES string of the molecule is Cc1c(S(=O)(=O)N2CCC(N)CC2)cnn1C. The molecule has 1 aliphatic heterocycles. The Bertz CT molecular complexity index is 500. The zero-order valence-electron chi connectivity index (χ0n) is 10.1. The molecule has 0 amide bonds. The Morgan fingerprint density at radius 1 is 1.41 bits per heavy atom. The molecule has 0 unspecified atom stereocenters. The van der Waals surface area contributed by atoms with E-state index in [1.807, 2.05) is 0 Å². The van der Waals surface area contributed by atoms with Gasteiger partial charge in [0.1, 0.15) is 4.90 Å². The van der Waals surface area contributed by atoms with E-state index < -0.39 is 10.0 Å². The van der Waals surface area contributed by atoms with Gasteiger partial charge in [0.15, 0.2) is 0 Å². The average Bonchev–Trinajstić information content (AvgIpc) is 2.61. The van der Waals surface area contributed by atoms with Crippen molar-refractivity contribution < 1.29 is 8.42 Å². The summed E-state index contributed by atoms with van der Waals surface area (Å²) in [6.45, 7) is 2.76. The molecular weight excluding hydrogens is 240 g/mol. The van der Waals surface area contributed by atoms with E-state index in [1.165, 1.54) is 10.5 Å². The van der Waals surface area contributed by atoms with Crippen LogP contribution in [0.5, 0.6) is 0 Å². The molecule has 0 atom stereocenters. The third-order valence-electron chi connectivity index (χ3n) is 3.31. The minimum atomic E-state index is -3.40. The van der Waals surface area contributed by atoms with E-state index in [9.17, 15) is 8.42 Å². The molecule has 6 nitrogen and oxygen atoms in total. The van der Waals surface area contributed by atoms with E-state index >= 15 is 0 Å². The number of hydrogen-bond donors (Lipinski definition) is 1. The van der Waals surface area contributed by atoms with Crippen LogP contribution in [0.4, 0.5) is 0 Å². The van der Waals surface area contributed by atoms with Crippen molar-refractivity contribution in [3.8, 4) is 0 Å². The van der Waals surface area contributed by atoms with Crippen LogP contribution >= 0.6 is 0 Å². The molecule has 0 aromatic carbocycles. The lowest BCUT2D eigenvalue weighted by Gasteiger charge is -2.29. The summed E-state index contributed by atoms with van der Waals surface area (Å²) < 4.78 is 27.8. The zero-order valence-corrected chi connectivity index (χ0v) is 10.9. The van der Waals surface area contributed by atoms with Gasteiger partial charge < -0.3 is 5.73 Å². The molecule has 0 radical (unpaired) electrons. The third-order valence-corrected chi connectivity index (χ3v) is 5.31. The predicted octanol–water partition coefficient (Wildman–Crippen LogP) is -0.160. The molecule has 2 heterocycles. The molecule has 2 rings (SSSR count). The Labute approximate surface area is 101 Å². The fourth-order valence-electron chi connectivity index (χ4n) is 1.99. The molecule has 7 heteroatoms. The monoisotopic (exact) mass is 258 g/mol. The summed E-state index contributed by atoms with van der Waals surface area (Å²) in [5.74, 6) is 0. The standard InChI is InChI=1S/C10H18N4O2S/c1-8-10(7-12-13(8)2)17(15,16)14-5-3-9(11)4-6-14/h7,9H,3-6,11H2,1-2H3. The van der Waals surface area contributed by atoms with Gasteiger partial charge in [-0.1, -0.05) is 0 Å².